The van der Waals surface area contributed by atoms with E-state index in [-0.39, 0.29) is 23.7 Å². The minimum Gasteiger partial charge on any atom is -0.387 e. The third-order valence-electron chi connectivity index (χ3n) is 4.63. The number of nitrogens with zero attached hydrogens (tertiary/aromatic N) is 4. The van der Waals surface area contributed by atoms with Crippen LogP contribution in [0.25, 0.3) is 11.3 Å². The van der Waals surface area contributed by atoms with Crippen LogP contribution in [0.4, 0.5) is 0 Å². The van der Waals surface area contributed by atoms with Gasteiger partial charge in [-0.2, -0.15) is 0 Å². The lowest BCUT2D eigenvalue weighted by atomic mass is 9.86. The fourth-order valence-electron chi connectivity index (χ4n) is 3.12. The fourth-order valence-corrected chi connectivity index (χ4v) is 3.12. The molecule has 2 N–H and O–H groups in total. The molecule has 8 nitrogen and oxygen atoms in total. The van der Waals surface area contributed by atoms with Gasteiger partial charge in [-0.05, 0) is 19.8 Å². The summed E-state index contributed by atoms with van der Waals surface area (Å²) >= 11 is 0. The van der Waals surface area contributed by atoms with Crippen molar-refractivity contribution in [3.05, 3.63) is 54.0 Å². The van der Waals surface area contributed by atoms with Gasteiger partial charge in [0.15, 0.2) is 11.5 Å². The number of aromatic nitrogens is 4. The first-order chi connectivity index (χ1) is 12.6. The Kier molecular flexibility index (Phi) is 4.26. The van der Waals surface area contributed by atoms with Crippen LogP contribution >= 0.6 is 0 Å². The second-order valence-corrected chi connectivity index (χ2v) is 6.52. The highest BCUT2D eigenvalue weighted by Crippen LogP contribution is 2.33. The van der Waals surface area contributed by atoms with Crippen LogP contribution in [0, 0.1) is 0 Å². The van der Waals surface area contributed by atoms with Crippen LogP contribution in [-0.4, -0.2) is 37.2 Å². The van der Waals surface area contributed by atoms with Crippen molar-refractivity contribution < 1.29 is 14.4 Å². The van der Waals surface area contributed by atoms with Crippen LogP contribution in [0.1, 0.15) is 48.1 Å². The molecule has 3 aromatic rings. The number of hydrogen-bond acceptors (Lipinski definition) is 6. The summed E-state index contributed by atoms with van der Waals surface area (Å²) in [6, 6.07) is 11.3. The molecule has 0 radical (unpaired) electrons. The molecule has 0 spiro atoms. The van der Waals surface area contributed by atoms with Gasteiger partial charge in [0.25, 0.3) is 5.91 Å². The monoisotopic (exact) mass is 353 g/mol. The van der Waals surface area contributed by atoms with Crippen molar-refractivity contribution in [1.82, 2.24) is 25.5 Å². The average Bonchev–Trinajstić information content (AvgIpc) is 3.27. The lowest BCUT2D eigenvalue weighted by Crippen LogP contribution is -2.45. The number of hydrogen-bond donors (Lipinski definition) is 2. The summed E-state index contributed by atoms with van der Waals surface area (Å²) in [7, 11) is 0. The summed E-state index contributed by atoms with van der Waals surface area (Å²) in [6.07, 6.45) is 2.42. The molecule has 1 saturated carbocycles. The maximum atomic E-state index is 12.4. The lowest BCUT2D eigenvalue weighted by molar-refractivity contribution is 0.0870. The van der Waals surface area contributed by atoms with Crippen LogP contribution in [0.2, 0.25) is 0 Å². The Bertz CT molecular complexity index is 896. The van der Waals surface area contributed by atoms with E-state index in [2.05, 4.69) is 20.8 Å². The summed E-state index contributed by atoms with van der Waals surface area (Å²) in [6.45, 7) is 1.68. The van der Waals surface area contributed by atoms with E-state index in [0.717, 1.165) is 18.4 Å². The van der Waals surface area contributed by atoms with Crippen molar-refractivity contribution in [2.45, 2.75) is 38.0 Å². The number of nitrogens with one attached hydrogen (secondary N) is 1. The first-order valence-electron chi connectivity index (χ1n) is 8.53. The molecule has 1 amide bonds. The van der Waals surface area contributed by atoms with E-state index in [1.54, 1.807) is 23.9 Å². The van der Waals surface area contributed by atoms with Gasteiger partial charge in [0.2, 0.25) is 0 Å². The third kappa shape index (κ3) is 3.11. The van der Waals surface area contributed by atoms with E-state index in [0.29, 0.717) is 11.5 Å². The van der Waals surface area contributed by atoms with Crippen molar-refractivity contribution >= 4 is 5.91 Å². The molecular weight excluding hydrogens is 334 g/mol. The Morgan fingerprint density at radius 3 is 2.85 bits per heavy atom. The number of aliphatic hydroxyl groups excluding tert-OH is 1. The second kappa shape index (κ2) is 6.72. The average molecular weight is 353 g/mol. The third-order valence-corrected chi connectivity index (χ3v) is 4.63. The minimum absolute atomic E-state index is 0.0374. The molecule has 0 saturated heterocycles. The summed E-state index contributed by atoms with van der Waals surface area (Å²) in [5, 5.41) is 24.4. The first kappa shape index (κ1) is 16.5. The maximum absolute atomic E-state index is 12.4. The van der Waals surface area contributed by atoms with Gasteiger partial charge < -0.3 is 14.9 Å². The summed E-state index contributed by atoms with van der Waals surface area (Å²) in [4.78, 5) is 12.4. The Morgan fingerprint density at radius 2 is 2.12 bits per heavy atom. The normalized spacial score (nSPS) is 20.4. The molecule has 2 heterocycles. The number of amides is 1. The molecule has 134 valence electrons. The SMILES string of the molecule is C[C@@H](O)c1cnnn1C1CC(NC(=O)c2cc(-c3ccccc3)on2)C1. The zero-order chi connectivity index (χ0) is 18.1. The van der Waals surface area contributed by atoms with Gasteiger partial charge in [-0.3, -0.25) is 4.79 Å². The Balaban J connectivity index is 1.36. The number of carbonyl (C=O) groups is 1. The highest BCUT2D eigenvalue weighted by atomic mass is 16.5. The Morgan fingerprint density at radius 1 is 1.35 bits per heavy atom. The highest BCUT2D eigenvalue weighted by Gasteiger charge is 2.34. The van der Waals surface area contributed by atoms with Gasteiger partial charge in [-0.15, -0.1) is 5.10 Å². The maximum Gasteiger partial charge on any atom is 0.273 e. The summed E-state index contributed by atoms with van der Waals surface area (Å²) < 4.78 is 7.00. The predicted octanol–water partition coefficient (Wildman–Crippen LogP) is 2.12. The van der Waals surface area contributed by atoms with Crippen molar-refractivity contribution in [2.75, 3.05) is 0 Å². The molecule has 8 heteroatoms. The smallest absolute Gasteiger partial charge is 0.273 e. The van der Waals surface area contributed by atoms with Crippen LogP contribution in [0.5, 0.6) is 0 Å². The lowest BCUT2D eigenvalue weighted by Gasteiger charge is -2.36. The van der Waals surface area contributed by atoms with Crippen LogP contribution in [-0.2, 0) is 0 Å². The van der Waals surface area contributed by atoms with Crippen LogP contribution in [0.15, 0.2) is 47.1 Å². The van der Waals surface area contributed by atoms with Crippen molar-refractivity contribution in [3.8, 4) is 11.3 Å². The zero-order valence-electron chi connectivity index (χ0n) is 14.2. The van der Waals surface area contributed by atoms with Gasteiger partial charge in [-0.25, -0.2) is 4.68 Å². The molecular formula is C18H19N5O3. The highest BCUT2D eigenvalue weighted by molar-refractivity contribution is 5.93. The van der Waals surface area contributed by atoms with Crippen molar-refractivity contribution in [3.63, 3.8) is 0 Å². The standard InChI is InChI=1S/C18H19N5O3/c1-11(24)16-10-19-22-23(16)14-7-13(8-14)20-18(25)15-9-17(26-21-15)12-5-3-2-4-6-12/h2-6,9-11,13-14,24H,7-8H2,1H3,(H,20,25)/t11-,13?,14?/m1/s1. The van der Waals surface area contributed by atoms with Gasteiger partial charge >= 0.3 is 0 Å². The number of benzene rings is 1. The number of carbonyl (C=O) groups excluding carboxylic acids is 1. The molecule has 1 aliphatic rings. The van der Waals surface area contributed by atoms with E-state index in [4.69, 9.17) is 4.52 Å². The van der Waals surface area contributed by atoms with Crippen molar-refractivity contribution in [1.29, 1.82) is 0 Å². The van der Waals surface area contributed by atoms with Gasteiger partial charge in [0.05, 0.1) is 24.0 Å². The predicted molar refractivity (Wildman–Crippen MR) is 92.1 cm³/mol. The van der Waals surface area contributed by atoms with E-state index in [9.17, 15) is 9.90 Å². The molecule has 0 bridgehead atoms. The number of rotatable bonds is 5. The van der Waals surface area contributed by atoms with Gasteiger partial charge in [0, 0.05) is 17.7 Å². The molecule has 26 heavy (non-hydrogen) atoms. The topological polar surface area (TPSA) is 106 Å². The molecule has 2 aromatic heterocycles. The zero-order valence-corrected chi connectivity index (χ0v) is 14.2. The van der Waals surface area contributed by atoms with E-state index >= 15 is 0 Å². The van der Waals surface area contributed by atoms with Gasteiger partial charge in [-0.1, -0.05) is 40.7 Å². The van der Waals surface area contributed by atoms with E-state index in [1.165, 1.54) is 0 Å². The van der Waals surface area contributed by atoms with Gasteiger partial charge in [0.1, 0.15) is 0 Å². The minimum atomic E-state index is -0.620. The molecule has 1 aromatic carbocycles. The molecule has 1 fully saturated rings. The van der Waals surface area contributed by atoms with Crippen molar-refractivity contribution in [2.24, 2.45) is 0 Å². The molecule has 0 unspecified atom stereocenters. The summed E-state index contributed by atoms with van der Waals surface area (Å²) in [5.74, 6) is 0.306. The molecule has 4 rings (SSSR count). The fraction of sp³-hybridized carbons (Fsp3) is 0.333. The number of aliphatic hydroxyl groups is 1. The molecule has 1 atom stereocenters. The van der Waals surface area contributed by atoms with E-state index in [1.807, 2.05) is 30.3 Å². The quantitative estimate of drug-likeness (QED) is 0.728. The molecule has 1 aliphatic carbocycles. The Hall–Kier alpha value is -3.00. The van der Waals surface area contributed by atoms with E-state index < -0.39 is 6.10 Å². The van der Waals surface area contributed by atoms with Crippen LogP contribution in [0.3, 0.4) is 0 Å². The second-order valence-electron chi connectivity index (χ2n) is 6.52. The Labute approximate surface area is 149 Å². The summed E-state index contributed by atoms with van der Waals surface area (Å²) in [5.41, 5.74) is 1.82. The largest absolute Gasteiger partial charge is 0.387 e. The van der Waals surface area contributed by atoms with Crippen LogP contribution < -0.4 is 5.32 Å². The first-order valence-corrected chi connectivity index (χ1v) is 8.53. The molecule has 0 aliphatic heterocycles.